The normalized spacial score (nSPS) is 25.2. The summed E-state index contributed by atoms with van der Waals surface area (Å²) in [6.07, 6.45) is 1.76. The Balaban J connectivity index is 2.14. The number of thiocarbonyl (C=S) groups is 1. The molecule has 2 unspecified atom stereocenters. The highest BCUT2D eigenvalue weighted by molar-refractivity contribution is 7.80. The van der Waals surface area contributed by atoms with E-state index in [-0.39, 0.29) is 0 Å². The molecule has 4 nitrogen and oxygen atoms in total. The second-order valence-electron chi connectivity index (χ2n) is 5.04. The first-order valence-corrected chi connectivity index (χ1v) is 6.62. The minimum Gasteiger partial charge on any atom is -0.389 e. The van der Waals surface area contributed by atoms with Crippen LogP contribution in [0.4, 0.5) is 5.82 Å². The van der Waals surface area contributed by atoms with Gasteiger partial charge in [0.2, 0.25) is 0 Å². The molecule has 1 fully saturated rings. The van der Waals surface area contributed by atoms with Crippen LogP contribution < -0.4 is 10.6 Å². The largest absolute Gasteiger partial charge is 0.389 e. The van der Waals surface area contributed by atoms with Gasteiger partial charge in [-0.1, -0.05) is 12.2 Å². The summed E-state index contributed by atoms with van der Waals surface area (Å²) < 4.78 is 0. The van der Waals surface area contributed by atoms with Crippen molar-refractivity contribution in [3.05, 3.63) is 23.9 Å². The highest BCUT2D eigenvalue weighted by Gasteiger charge is 2.26. The van der Waals surface area contributed by atoms with Crippen molar-refractivity contribution in [1.29, 1.82) is 0 Å². The number of likely N-dealkylation sites (N-methyl/N-ethyl adjacent to an activating group) is 1. The summed E-state index contributed by atoms with van der Waals surface area (Å²) in [5.41, 5.74) is 6.40. The first kappa shape index (κ1) is 13.2. The molecule has 18 heavy (non-hydrogen) atoms. The average molecular weight is 264 g/mol. The van der Waals surface area contributed by atoms with Gasteiger partial charge >= 0.3 is 0 Å². The highest BCUT2D eigenvalue weighted by atomic mass is 32.1. The van der Waals surface area contributed by atoms with Crippen LogP contribution in [0.1, 0.15) is 19.4 Å². The minimum atomic E-state index is 0.397. The lowest BCUT2D eigenvalue weighted by molar-refractivity contribution is 0.169. The Morgan fingerprint density at radius 2 is 1.94 bits per heavy atom. The van der Waals surface area contributed by atoms with Crippen LogP contribution in [0.15, 0.2) is 18.3 Å². The standard InChI is InChI=1S/C13H20N4S/c1-9-7-17(8-10(2)16(9)3)12-5-4-11(6-15-12)13(14)18/h4-6,9-10H,7-8H2,1-3H3,(H2,14,18). The maximum absolute atomic E-state index is 5.58. The molecule has 0 saturated carbocycles. The highest BCUT2D eigenvalue weighted by Crippen LogP contribution is 2.19. The van der Waals surface area contributed by atoms with Crippen molar-refractivity contribution in [3.8, 4) is 0 Å². The van der Waals surface area contributed by atoms with E-state index >= 15 is 0 Å². The minimum absolute atomic E-state index is 0.397. The number of rotatable bonds is 2. The van der Waals surface area contributed by atoms with Gasteiger partial charge in [-0.2, -0.15) is 0 Å². The second kappa shape index (κ2) is 5.20. The monoisotopic (exact) mass is 264 g/mol. The molecular weight excluding hydrogens is 244 g/mol. The molecule has 5 heteroatoms. The Morgan fingerprint density at radius 1 is 1.33 bits per heavy atom. The van der Waals surface area contributed by atoms with Crippen molar-refractivity contribution in [1.82, 2.24) is 9.88 Å². The number of pyridine rings is 1. The third-order valence-corrected chi connectivity index (χ3v) is 3.95. The fraction of sp³-hybridized carbons (Fsp3) is 0.538. The predicted molar refractivity (Wildman–Crippen MR) is 79.0 cm³/mol. The number of hydrogen-bond donors (Lipinski definition) is 1. The lowest BCUT2D eigenvalue weighted by Gasteiger charge is -2.43. The van der Waals surface area contributed by atoms with Crippen molar-refractivity contribution in [3.63, 3.8) is 0 Å². The van der Waals surface area contributed by atoms with Crippen LogP contribution in [0.3, 0.4) is 0 Å². The zero-order chi connectivity index (χ0) is 13.3. The first-order valence-electron chi connectivity index (χ1n) is 6.21. The Kier molecular flexibility index (Phi) is 3.82. The van der Waals surface area contributed by atoms with Crippen molar-refractivity contribution >= 4 is 23.0 Å². The van der Waals surface area contributed by atoms with Gasteiger partial charge in [-0.25, -0.2) is 4.98 Å². The third kappa shape index (κ3) is 2.62. The second-order valence-corrected chi connectivity index (χ2v) is 5.48. The molecule has 0 aromatic carbocycles. The van der Waals surface area contributed by atoms with Gasteiger partial charge in [0, 0.05) is 36.9 Å². The van der Waals surface area contributed by atoms with E-state index in [1.807, 2.05) is 12.1 Å². The van der Waals surface area contributed by atoms with Gasteiger partial charge in [0.15, 0.2) is 0 Å². The van der Waals surface area contributed by atoms with Crippen molar-refractivity contribution in [2.24, 2.45) is 5.73 Å². The average Bonchev–Trinajstić information content (AvgIpc) is 2.35. The van der Waals surface area contributed by atoms with Crippen LogP contribution in [0.5, 0.6) is 0 Å². The zero-order valence-corrected chi connectivity index (χ0v) is 11.9. The molecule has 1 saturated heterocycles. The van der Waals surface area contributed by atoms with Gasteiger partial charge in [-0.05, 0) is 33.0 Å². The van der Waals surface area contributed by atoms with Gasteiger partial charge in [-0.15, -0.1) is 0 Å². The summed E-state index contributed by atoms with van der Waals surface area (Å²) in [5, 5.41) is 0. The van der Waals surface area contributed by atoms with Gasteiger partial charge in [0.1, 0.15) is 10.8 Å². The van der Waals surface area contributed by atoms with Crippen LogP contribution in [0, 0.1) is 0 Å². The van der Waals surface area contributed by atoms with Gasteiger partial charge in [0.25, 0.3) is 0 Å². The van der Waals surface area contributed by atoms with E-state index in [4.69, 9.17) is 18.0 Å². The molecule has 98 valence electrons. The van der Waals surface area contributed by atoms with Gasteiger partial charge < -0.3 is 10.6 Å². The summed E-state index contributed by atoms with van der Waals surface area (Å²) in [7, 11) is 2.18. The molecule has 1 aromatic rings. The Morgan fingerprint density at radius 3 is 2.39 bits per heavy atom. The third-order valence-electron chi connectivity index (χ3n) is 3.72. The number of nitrogens with zero attached hydrogens (tertiary/aromatic N) is 3. The van der Waals surface area contributed by atoms with E-state index in [0.717, 1.165) is 24.5 Å². The van der Waals surface area contributed by atoms with Gasteiger partial charge in [0.05, 0.1) is 0 Å². The lowest BCUT2D eigenvalue weighted by atomic mass is 10.1. The van der Waals surface area contributed by atoms with Crippen LogP contribution in [0.25, 0.3) is 0 Å². The van der Waals surface area contributed by atoms with Crippen LogP contribution in [0.2, 0.25) is 0 Å². The predicted octanol–water partition coefficient (Wildman–Crippen LogP) is 1.24. The molecule has 0 aliphatic carbocycles. The molecule has 1 aliphatic heterocycles. The molecule has 0 spiro atoms. The quantitative estimate of drug-likeness (QED) is 0.814. The van der Waals surface area contributed by atoms with E-state index in [1.54, 1.807) is 6.20 Å². The number of hydrogen-bond acceptors (Lipinski definition) is 4. The fourth-order valence-electron chi connectivity index (χ4n) is 2.31. The Labute approximate surface area is 114 Å². The molecule has 2 rings (SSSR count). The number of nitrogens with two attached hydrogens (primary N) is 1. The Hall–Kier alpha value is -1.20. The fourth-order valence-corrected chi connectivity index (χ4v) is 2.43. The van der Waals surface area contributed by atoms with Crippen LogP contribution in [-0.4, -0.2) is 47.1 Å². The summed E-state index contributed by atoms with van der Waals surface area (Å²) in [5.74, 6) is 1.00. The number of anilines is 1. The Bertz CT molecular complexity index is 419. The summed E-state index contributed by atoms with van der Waals surface area (Å²) in [6, 6.07) is 5.01. The van der Waals surface area contributed by atoms with Gasteiger partial charge in [-0.3, -0.25) is 4.90 Å². The van der Waals surface area contributed by atoms with E-state index in [0.29, 0.717) is 17.1 Å². The van der Waals surface area contributed by atoms with E-state index in [2.05, 4.69) is 35.7 Å². The first-order chi connectivity index (χ1) is 8.49. The lowest BCUT2D eigenvalue weighted by Crippen LogP contribution is -2.55. The molecule has 2 atom stereocenters. The van der Waals surface area contributed by atoms with Crippen LogP contribution >= 0.6 is 12.2 Å². The molecule has 0 bridgehead atoms. The van der Waals surface area contributed by atoms with Crippen molar-refractivity contribution in [2.45, 2.75) is 25.9 Å². The number of piperazine rings is 1. The maximum Gasteiger partial charge on any atom is 0.128 e. The molecule has 2 heterocycles. The van der Waals surface area contributed by atoms with E-state index in [1.165, 1.54) is 0 Å². The van der Waals surface area contributed by atoms with Crippen LogP contribution in [-0.2, 0) is 0 Å². The summed E-state index contributed by atoms with van der Waals surface area (Å²) in [4.78, 5) is 9.58. The SMILES string of the molecule is CC1CN(c2ccc(C(N)=S)cn2)CC(C)N1C. The molecule has 0 radical (unpaired) electrons. The topological polar surface area (TPSA) is 45.4 Å². The molecule has 1 aromatic heterocycles. The van der Waals surface area contributed by atoms with Crippen molar-refractivity contribution in [2.75, 3.05) is 25.0 Å². The summed E-state index contributed by atoms with van der Waals surface area (Å²) >= 11 is 4.93. The number of aromatic nitrogens is 1. The molecule has 1 aliphatic rings. The summed E-state index contributed by atoms with van der Waals surface area (Å²) in [6.45, 7) is 6.48. The smallest absolute Gasteiger partial charge is 0.128 e. The molecule has 2 N–H and O–H groups in total. The maximum atomic E-state index is 5.58. The molecule has 0 amide bonds. The molecular formula is C13H20N4S. The van der Waals surface area contributed by atoms with E-state index < -0.39 is 0 Å². The van der Waals surface area contributed by atoms with E-state index in [9.17, 15) is 0 Å². The van der Waals surface area contributed by atoms with Crippen molar-refractivity contribution < 1.29 is 0 Å². The zero-order valence-electron chi connectivity index (χ0n) is 11.1.